The molecule has 1 rings (SSSR count). The summed E-state index contributed by atoms with van der Waals surface area (Å²) in [7, 11) is 0. The number of carbonyl (C=O) groups is 1. The smallest absolute Gasteiger partial charge is 0.300 e. The lowest BCUT2D eigenvalue weighted by Gasteiger charge is -1.96. The average Bonchev–Trinajstić information content (AvgIpc) is 2.17. The third-order valence-electron chi connectivity index (χ3n) is 1.44. The Labute approximate surface area is 84.2 Å². The Bertz CT molecular complexity index is 296. The summed E-state index contributed by atoms with van der Waals surface area (Å²) in [6.07, 6.45) is 3.66. The predicted molar refractivity (Wildman–Crippen MR) is 59.9 cm³/mol. The maximum absolute atomic E-state index is 9.00. The van der Waals surface area contributed by atoms with Crippen molar-refractivity contribution in [3.05, 3.63) is 48.6 Å². The first kappa shape index (κ1) is 12.2. The first-order valence-corrected chi connectivity index (χ1v) is 4.15. The molecule has 0 bridgehead atoms. The highest BCUT2D eigenvalue weighted by Crippen LogP contribution is 2.10. The standard InChI is InChI=1S/C10H10.C2H4O2/c1-3-9-7-5-6-8-10(9)4-2;1-2(3)4/h3-8H,1-2H2;1H3,(H,3,4). The van der Waals surface area contributed by atoms with Crippen LogP contribution in [0.3, 0.4) is 0 Å². The van der Waals surface area contributed by atoms with Gasteiger partial charge in [-0.05, 0) is 11.1 Å². The molecule has 1 aromatic carbocycles. The van der Waals surface area contributed by atoms with Gasteiger partial charge >= 0.3 is 0 Å². The number of aliphatic carboxylic acids is 1. The molecular formula is C12H14O2. The Morgan fingerprint density at radius 1 is 1.21 bits per heavy atom. The van der Waals surface area contributed by atoms with Gasteiger partial charge in [-0.15, -0.1) is 0 Å². The number of hydrogen-bond acceptors (Lipinski definition) is 1. The van der Waals surface area contributed by atoms with E-state index in [4.69, 9.17) is 9.90 Å². The molecular weight excluding hydrogens is 176 g/mol. The summed E-state index contributed by atoms with van der Waals surface area (Å²) >= 11 is 0. The lowest BCUT2D eigenvalue weighted by atomic mass is 10.1. The molecule has 1 N–H and O–H groups in total. The molecule has 0 aliphatic heterocycles. The molecule has 0 unspecified atom stereocenters. The molecule has 0 aliphatic carbocycles. The topological polar surface area (TPSA) is 37.3 Å². The zero-order valence-corrected chi connectivity index (χ0v) is 8.23. The lowest BCUT2D eigenvalue weighted by Crippen LogP contribution is -1.78. The Kier molecular flexibility index (Phi) is 5.79. The molecule has 0 spiro atoms. The van der Waals surface area contributed by atoms with Crippen LogP contribution in [0.2, 0.25) is 0 Å². The van der Waals surface area contributed by atoms with Crippen molar-refractivity contribution >= 4 is 18.1 Å². The molecule has 0 saturated carbocycles. The minimum Gasteiger partial charge on any atom is -0.481 e. The Morgan fingerprint density at radius 3 is 1.71 bits per heavy atom. The molecule has 74 valence electrons. The highest BCUT2D eigenvalue weighted by Gasteiger charge is 1.89. The quantitative estimate of drug-likeness (QED) is 0.778. The van der Waals surface area contributed by atoms with Crippen LogP contribution in [-0.4, -0.2) is 11.1 Å². The van der Waals surface area contributed by atoms with Crippen molar-refractivity contribution < 1.29 is 9.90 Å². The van der Waals surface area contributed by atoms with Crippen LogP contribution < -0.4 is 0 Å². The van der Waals surface area contributed by atoms with E-state index in [1.807, 2.05) is 36.4 Å². The van der Waals surface area contributed by atoms with Crippen LogP contribution >= 0.6 is 0 Å². The van der Waals surface area contributed by atoms with Gasteiger partial charge in [-0.25, -0.2) is 0 Å². The molecule has 0 heterocycles. The van der Waals surface area contributed by atoms with Gasteiger partial charge < -0.3 is 5.11 Å². The number of benzene rings is 1. The Balaban J connectivity index is 0.000000364. The van der Waals surface area contributed by atoms with E-state index in [-0.39, 0.29) is 0 Å². The van der Waals surface area contributed by atoms with Crippen molar-refractivity contribution in [1.29, 1.82) is 0 Å². The van der Waals surface area contributed by atoms with Crippen LogP contribution in [0.1, 0.15) is 18.1 Å². The van der Waals surface area contributed by atoms with Crippen LogP contribution in [-0.2, 0) is 4.79 Å². The third kappa shape index (κ3) is 4.93. The number of hydrogen-bond donors (Lipinski definition) is 1. The molecule has 0 aliphatic rings. The van der Waals surface area contributed by atoms with Crippen molar-refractivity contribution in [2.45, 2.75) is 6.92 Å². The zero-order valence-electron chi connectivity index (χ0n) is 8.23. The van der Waals surface area contributed by atoms with Crippen LogP contribution in [0.5, 0.6) is 0 Å². The summed E-state index contributed by atoms with van der Waals surface area (Å²) < 4.78 is 0. The van der Waals surface area contributed by atoms with Gasteiger partial charge in [0.2, 0.25) is 0 Å². The Hall–Kier alpha value is -1.83. The lowest BCUT2D eigenvalue weighted by molar-refractivity contribution is -0.134. The van der Waals surface area contributed by atoms with Crippen LogP contribution in [0.4, 0.5) is 0 Å². The average molecular weight is 190 g/mol. The van der Waals surface area contributed by atoms with E-state index in [1.54, 1.807) is 0 Å². The maximum Gasteiger partial charge on any atom is 0.300 e. The van der Waals surface area contributed by atoms with Crippen LogP contribution in [0, 0.1) is 0 Å². The minimum atomic E-state index is -0.833. The molecule has 0 aromatic heterocycles. The summed E-state index contributed by atoms with van der Waals surface area (Å²) in [6, 6.07) is 8.02. The fraction of sp³-hybridized carbons (Fsp3) is 0.0833. The van der Waals surface area contributed by atoms with E-state index >= 15 is 0 Å². The highest BCUT2D eigenvalue weighted by atomic mass is 16.4. The fourth-order valence-electron chi connectivity index (χ4n) is 0.883. The van der Waals surface area contributed by atoms with E-state index in [1.165, 1.54) is 0 Å². The zero-order chi connectivity index (χ0) is 11.0. The van der Waals surface area contributed by atoms with Gasteiger partial charge in [-0.2, -0.15) is 0 Å². The van der Waals surface area contributed by atoms with Crippen molar-refractivity contribution in [2.24, 2.45) is 0 Å². The van der Waals surface area contributed by atoms with Gasteiger partial charge in [0.25, 0.3) is 5.97 Å². The summed E-state index contributed by atoms with van der Waals surface area (Å²) in [5.74, 6) is -0.833. The molecule has 2 nitrogen and oxygen atoms in total. The normalized spacial score (nSPS) is 8.07. The number of rotatable bonds is 2. The third-order valence-corrected chi connectivity index (χ3v) is 1.44. The van der Waals surface area contributed by atoms with Crippen molar-refractivity contribution in [3.8, 4) is 0 Å². The number of carboxylic acid groups (broad SMARTS) is 1. The van der Waals surface area contributed by atoms with Gasteiger partial charge in [0.15, 0.2) is 0 Å². The van der Waals surface area contributed by atoms with Gasteiger partial charge in [0.05, 0.1) is 0 Å². The van der Waals surface area contributed by atoms with E-state index in [0.29, 0.717) is 0 Å². The van der Waals surface area contributed by atoms with Gasteiger partial charge in [-0.1, -0.05) is 49.6 Å². The second-order valence-electron chi connectivity index (χ2n) is 2.56. The summed E-state index contributed by atoms with van der Waals surface area (Å²) in [6.45, 7) is 8.47. The van der Waals surface area contributed by atoms with Gasteiger partial charge in [-0.3, -0.25) is 4.79 Å². The molecule has 0 saturated heterocycles. The van der Waals surface area contributed by atoms with E-state index in [0.717, 1.165) is 18.1 Å². The fourth-order valence-corrected chi connectivity index (χ4v) is 0.883. The van der Waals surface area contributed by atoms with Gasteiger partial charge in [0, 0.05) is 6.92 Å². The Morgan fingerprint density at radius 2 is 1.50 bits per heavy atom. The maximum atomic E-state index is 9.00. The van der Waals surface area contributed by atoms with E-state index in [9.17, 15) is 0 Å². The van der Waals surface area contributed by atoms with Crippen LogP contribution in [0.15, 0.2) is 37.4 Å². The summed E-state index contributed by atoms with van der Waals surface area (Å²) in [4.78, 5) is 9.00. The first-order chi connectivity index (χ1) is 6.61. The van der Waals surface area contributed by atoms with Crippen LogP contribution in [0.25, 0.3) is 12.2 Å². The second-order valence-corrected chi connectivity index (χ2v) is 2.56. The summed E-state index contributed by atoms with van der Waals surface area (Å²) in [5.41, 5.74) is 2.27. The highest BCUT2D eigenvalue weighted by molar-refractivity contribution is 5.63. The molecule has 2 heteroatoms. The molecule has 0 radical (unpaired) electrons. The second kappa shape index (κ2) is 6.66. The predicted octanol–water partition coefficient (Wildman–Crippen LogP) is 3.06. The van der Waals surface area contributed by atoms with E-state index < -0.39 is 5.97 Å². The molecule has 0 amide bonds. The van der Waals surface area contributed by atoms with Gasteiger partial charge in [0.1, 0.15) is 0 Å². The molecule has 1 aromatic rings. The largest absolute Gasteiger partial charge is 0.481 e. The summed E-state index contributed by atoms with van der Waals surface area (Å²) in [5, 5.41) is 7.42. The van der Waals surface area contributed by atoms with Crippen molar-refractivity contribution in [2.75, 3.05) is 0 Å². The van der Waals surface area contributed by atoms with E-state index in [2.05, 4.69) is 13.2 Å². The SMILES string of the molecule is C=Cc1ccccc1C=C.CC(=O)O. The number of carboxylic acids is 1. The first-order valence-electron chi connectivity index (χ1n) is 4.15. The molecule has 0 atom stereocenters. The molecule has 0 fully saturated rings. The van der Waals surface area contributed by atoms with Crippen molar-refractivity contribution in [1.82, 2.24) is 0 Å². The minimum absolute atomic E-state index is 0.833. The monoisotopic (exact) mass is 190 g/mol. The molecule has 14 heavy (non-hydrogen) atoms. The van der Waals surface area contributed by atoms with Crippen molar-refractivity contribution in [3.63, 3.8) is 0 Å².